The highest BCUT2D eigenvalue weighted by Gasteiger charge is 2.34. The summed E-state index contributed by atoms with van der Waals surface area (Å²) in [6.07, 6.45) is 0.497. The van der Waals surface area contributed by atoms with Gasteiger partial charge in [0, 0.05) is 22.3 Å². The number of benzene rings is 1. The highest BCUT2D eigenvalue weighted by atomic mass is 79.9. The van der Waals surface area contributed by atoms with Crippen LogP contribution in [0, 0.1) is 10.1 Å². The molecule has 158 valence electrons. The molecule has 0 atom stereocenters. The van der Waals surface area contributed by atoms with Crippen LogP contribution < -0.4 is 4.74 Å². The topological polar surface area (TPSA) is 91.6 Å². The first kappa shape index (κ1) is 23.6. The zero-order valence-corrected chi connectivity index (χ0v) is 20.1. The van der Waals surface area contributed by atoms with E-state index in [1.54, 1.807) is 12.1 Å². The largest absolute Gasteiger partial charge is 0.486 e. The van der Waals surface area contributed by atoms with E-state index in [9.17, 15) is 14.9 Å². The molecule has 0 radical (unpaired) electrons. The fourth-order valence-corrected chi connectivity index (χ4v) is 4.74. The van der Waals surface area contributed by atoms with E-state index in [1.165, 1.54) is 29.2 Å². The van der Waals surface area contributed by atoms with Crippen LogP contribution in [0.5, 0.6) is 5.75 Å². The molecule has 1 aromatic carbocycles. The Morgan fingerprint density at radius 1 is 1.31 bits per heavy atom. The third kappa shape index (κ3) is 7.27. The molecule has 0 aliphatic heterocycles. The Balaban J connectivity index is 1.94. The molecule has 29 heavy (non-hydrogen) atoms. The van der Waals surface area contributed by atoms with Gasteiger partial charge in [-0.15, -0.1) is 11.3 Å². The monoisotopic (exact) mass is 502 g/mol. The second kappa shape index (κ2) is 9.44. The lowest BCUT2D eigenvalue weighted by molar-refractivity contribution is -0.385. The van der Waals surface area contributed by atoms with Crippen molar-refractivity contribution in [3.05, 3.63) is 43.9 Å². The number of hydrogen-bond donors (Lipinski definition) is 0. The second-order valence-electron chi connectivity index (χ2n) is 7.69. The number of carbonyl (C=O) groups is 1. The summed E-state index contributed by atoms with van der Waals surface area (Å²) in [5, 5.41) is 13.0. The second-order valence-corrected chi connectivity index (χ2v) is 11.3. The van der Waals surface area contributed by atoms with Gasteiger partial charge >= 0.3 is 11.7 Å². The number of aromatic nitrogens is 1. The SMILES string of the molecule is CC(C)(C)OC(=O)C(C)(C)Sc1nc(CCOc2ccc(Br)cc2[N+](=O)[O-])cs1. The predicted octanol–water partition coefficient (Wildman–Crippen LogP) is 5.65. The van der Waals surface area contributed by atoms with Gasteiger partial charge in [0.25, 0.3) is 0 Å². The number of nitro groups is 1. The van der Waals surface area contributed by atoms with Crippen molar-refractivity contribution in [2.75, 3.05) is 6.61 Å². The van der Waals surface area contributed by atoms with Crippen molar-refractivity contribution in [2.45, 2.75) is 55.7 Å². The maximum atomic E-state index is 12.4. The zero-order valence-electron chi connectivity index (χ0n) is 16.9. The van der Waals surface area contributed by atoms with Crippen LogP contribution >= 0.6 is 39.0 Å². The molecule has 2 rings (SSSR count). The van der Waals surface area contributed by atoms with Crippen LogP contribution in [0.3, 0.4) is 0 Å². The molecule has 0 bridgehead atoms. The van der Waals surface area contributed by atoms with Crippen molar-refractivity contribution in [3.8, 4) is 5.75 Å². The number of hydrogen-bond acceptors (Lipinski definition) is 8. The van der Waals surface area contributed by atoms with Crippen molar-refractivity contribution in [2.24, 2.45) is 0 Å². The normalized spacial score (nSPS) is 11.9. The smallest absolute Gasteiger partial charge is 0.322 e. The van der Waals surface area contributed by atoms with E-state index >= 15 is 0 Å². The van der Waals surface area contributed by atoms with Crippen LogP contribution in [0.25, 0.3) is 0 Å². The standard InChI is InChI=1S/C19H23BrN2O5S2/c1-18(2,3)27-16(23)19(4,5)29-17-21-13(11-28-17)8-9-26-15-7-6-12(20)10-14(15)22(24)25/h6-7,10-11H,8-9H2,1-5H3. The van der Waals surface area contributed by atoms with E-state index in [1.807, 2.05) is 40.0 Å². The first-order chi connectivity index (χ1) is 13.4. The number of nitro benzene ring substituents is 1. The summed E-state index contributed by atoms with van der Waals surface area (Å²) in [5.74, 6) is -0.0771. The number of halogens is 1. The molecule has 0 unspecified atom stereocenters. The van der Waals surface area contributed by atoms with Crippen LogP contribution in [0.1, 0.15) is 40.3 Å². The Morgan fingerprint density at radius 2 is 2.00 bits per heavy atom. The van der Waals surface area contributed by atoms with Gasteiger partial charge < -0.3 is 9.47 Å². The number of thioether (sulfide) groups is 1. The van der Waals surface area contributed by atoms with Crippen molar-refractivity contribution < 1.29 is 19.2 Å². The number of carbonyl (C=O) groups excluding carboxylic acids is 1. The molecule has 10 heteroatoms. The summed E-state index contributed by atoms with van der Waals surface area (Å²) in [6.45, 7) is 9.38. The number of thiazole rings is 1. The van der Waals surface area contributed by atoms with Crippen molar-refractivity contribution in [1.82, 2.24) is 4.98 Å². The molecule has 0 saturated carbocycles. The average molecular weight is 503 g/mol. The Labute approximate surface area is 186 Å². The van der Waals surface area contributed by atoms with E-state index in [4.69, 9.17) is 9.47 Å². The van der Waals surface area contributed by atoms with E-state index in [0.717, 1.165) is 10.0 Å². The van der Waals surface area contributed by atoms with Crippen molar-refractivity contribution in [1.29, 1.82) is 0 Å². The summed E-state index contributed by atoms with van der Waals surface area (Å²) < 4.78 is 11.7. The van der Waals surface area contributed by atoms with E-state index in [0.29, 0.717) is 10.9 Å². The third-order valence-electron chi connectivity index (χ3n) is 3.50. The zero-order chi connectivity index (χ0) is 21.8. The van der Waals surface area contributed by atoms with Gasteiger partial charge in [-0.25, -0.2) is 4.98 Å². The van der Waals surface area contributed by atoms with E-state index in [2.05, 4.69) is 20.9 Å². The molecule has 1 aromatic heterocycles. The minimum Gasteiger partial charge on any atom is -0.486 e. The van der Waals surface area contributed by atoms with Gasteiger partial charge in [0.05, 0.1) is 17.2 Å². The molecular formula is C19H23BrN2O5S2. The highest BCUT2D eigenvalue weighted by Crippen LogP contribution is 2.36. The lowest BCUT2D eigenvalue weighted by Crippen LogP contribution is -2.36. The summed E-state index contributed by atoms with van der Waals surface area (Å²) in [5.41, 5.74) is 0.167. The molecule has 7 nitrogen and oxygen atoms in total. The van der Waals surface area contributed by atoms with E-state index < -0.39 is 15.3 Å². The quantitative estimate of drug-likeness (QED) is 0.199. The predicted molar refractivity (Wildman–Crippen MR) is 118 cm³/mol. The molecule has 1 heterocycles. The molecule has 0 aliphatic rings. The number of nitrogens with zero attached hydrogens (tertiary/aromatic N) is 2. The van der Waals surface area contributed by atoms with Crippen molar-refractivity contribution >= 4 is 50.7 Å². The van der Waals surface area contributed by atoms with Gasteiger partial charge in [0.2, 0.25) is 0 Å². The summed E-state index contributed by atoms with van der Waals surface area (Å²) in [4.78, 5) is 27.6. The van der Waals surface area contributed by atoms with Gasteiger partial charge in [-0.2, -0.15) is 0 Å². The van der Waals surface area contributed by atoms with Crippen LogP contribution in [-0.4, -0.2) is 32.8 Å². The number of ether oxygens (including phenoxy) is 2. The molecule has 0 aliphatic carbocycles. The fraction of sp³-hybridized carbons (Fsp3) is 0.474. The van der Waals surface area contributed by atoms with Crippen LogP contribution in [0.4, 0.5) is 5.69 Å². The molecule has 0 N–H and O–H groups in total. The maximum Gasteiger partial charge on any atom is 0.322 e. The van der Waals surface area contributed by atoms with Crippen LogP contribution in [0.2, 0.25) is 0 Å². The number of rotatable bonds is 8. The van der Waals surface area contributed by atoms with Gasteiger partial charge in [-0.05, 0) is 46.8 Å². The molecule has 0 amide bonds. The fourth-order valence-electron chi connectivity index (χ4n) is 2.13. The Hall–Kier alpha value is -1.65. The lowest BCUT2D eigenvalue weighted by atomic mass is 10.1. The van der Waals surface area contributed by atoms with Gasteiger partial charge in [0.15, 0.2) is 10.1 Å². The molecule has 0 saturated heterocycles. The average Bonchev–Trinajstić information content (AvgIpc) is 3.01. The first-order valence-electron chi connectivity index (χ1n) is 8.81. The minimum atomic E-state index is -0.767. The van der Waals surface area contributed by atoms with Gasteiger partial charge in [-0.1, -0.05) is 27.7 Å². The Kier molecular flexibility index (Phi) is 7.69. The van der Waals surface area contributed by atoms with Gasteiger partial charge in [0.1, 0.15) is 10.3 Å². The van der Waals surface area contributed by atoms with Crippen LogP contribution in [0.15, 0.2) is 32.4 Å². The number of esters is 1. The van der Waals surface area contributed by atoms with E-state index in [-0.39, 0.29) is 24.0 Å². The minimum absolute atomic E-state index is 0.0898. The third-order valence-corrected chi connectivity index (χ3v) is 6.15. The molecule has 0 fully saturated rings. The lowest BCUT2D eigenvalue weighted by Gasteiger charge is -2.27. The molecule has 2 aromatic rings. The highest BCUT2D eigenvalue weighted by molar-refractivity contribution is 9.10. The summed E-state index contributed by atoms with van der Waals surface area (Å²) >= 11 is 6.01. The first-order valence-corrected chi connectivity index (χ1v) is 11.3. The molecular weight excluding hydrogens is 480 g/mol. The molecule has 0 spiro atoms. The Morgan fingerprint density at radius 3 is 2.62 bits per heavy atom. The van der Waals surface area contributed by atoms with Gasteiger partial charge in [-0.3, -0.25) is 14.9 Å². The maximum absolute atomic E-state index is 12.4. The Bertz CT molecular complexity index is 893. The van der Waals surface area contributed by atoms with Crippen LogP contribution in [-0.2, 0) is 16.0 Å². The summed E-state index contributed by atoms with van der Waals surface area (Å²) in [6, 6.07) is 4.66. The summed E-state index contributed by atoms with van der Waals surface area (Å²) in [7, 11) is 0. The van der Waals surface area contributed by atoms with Crippen molar-refractivity contribution in [3.63, 3.8) is 0 Å².